The quantitative estimate of drug-likeness (QED) is 0.829. The van der Waals surface area contributed by atoms with Crippen LogP contribution in [0, 0.1) is 0 Å². The van der Waals surface area contributed by atoms with Gasteiger partial charge in [0.2, 0.25) is 0 Å². The van der Waals surface area contributed by atoms with Gasteiger partial charge in [0.1, 0.15) is 0 Å². The normalized spacial score (nSPS) is 15.5. The van der Waals surface area contributed by atoms with E-state index in [4.69, 9.17) is 23.2 Å². The first-order valence-corrected chi connectivity index (χ1v) is 8.35. The maximum Gasteiger partial charge on any atom is 0.165 e. The lowest BCUT2D eigenvalue weighted by Gasteiger charge is -2.27. The summed E-state index contributed by atoms with van der Waals surface area (Å²) in [6, 6.07) is 12.2. The van der Waals surface area contributed by atoms with E-state index in [9.17, 15) is 0 Å². The highest BCUT2D eigenvalue weighted by Gasteiger charge is 2.15. The van der Waals surface area contributed by atoms with Gasteiger partial charge in [-0.05, 0) is 11.6 Å². The van der Waals surface area contributed by atoms with Crippen LogP contribution in [0.15, 0.2) is 47.7 Å². The summed E-state index contributed by atoms with van der Waals surface area (Å²) in [6.07, 6.45) is 3.45. The van der Waals surface area contributed by atoms with Gasteiger partial charge in [0.05, 0.1) is 10.0 Å². The van der Waals surface area contributed by atoms with Gasteiger partial charge in [-0.25, -0.2) is 4.98 Å². The summed E-state index contributed by atoms with van der Waals surface area (Å²) in [5.74, 6) is 0.537. The topological polar surface area (TPSA) is 40.5 Å². The minimum Gasteiger partial charge on any atom is -0.298 e. The Morgan fingerprint density at radius 1 is 1.13 bits per heavy atom. The highest BCUT2D eigenvalue weighted by Crippen LogP contribution is 2.22. The SMILES string of the molecule is Clc1cnc(NN=C2CCN(Cc3ccccc3)CC2)c(Cl)c1. The number of aromatic nitrogens is 1. The van der Waals surface area contributed by atoms with Gasteiger partial charge in [0.25, 0.3) is 0 Å². The summed E-state index contributed by atoms with van der Waals surface area (Å²) in [7, 11) is 0. The second kappa shape index (κ2) is 7.77. The van der Waals surface area contributed by atoms with Gasteiger partial charge in [-0.15, -0.1) is 0 Å². The molecule has 0 amide bonds. The minimum atomic E-state index is 0.475. The van der Waals surface area contributed by atoms with Crippen LogP contribution in [0.3, 0.4) is 0 Å². The van der Waals surface area contributed by atoms with Crippen molar-refractivity contribution in [2.24, 2.45) is 5.10 Å². The highest BCUT2D eigenvalue weighted by molar-refractivity contribution is 6.35. The molecule has 1 aromatic carbocycles. The molecular weight excluding hydrogens is 331 g/mol. The summed E-state index contributed by atoms with van der Waals surface area (Å²) < 4.78 is 0. The molecule has 6 heteroatoms. The van der Waals surface area contributed by atoms with Crippen LogP contribution in [-0.2, 0) is 6.54 Å². The lowest BCUT2D eigenvalue weighted by atomic mass is 10.1. The molecule has 23 heavy (non-hydrogen) atoms. The van der Waals surface area contributed by atoms with Gasteiger partial charge >= 0.3 is 0 Å². The number of nitrogens with one attached hydrogen (secondary N) is 1. The van der Waals surface area contributed by atoms with E-state index in [0.717, 1.165) is 38.2 Å². The van der Waals surface area contributed by atoms with E-state index >= 15 is 0 Å². The Kier molecular flexibility index (Phi) is 5.49. The number of nitrogens with zero attached hydrogens (tertiary/aromatic N) is 3. The second-order valence-electron chi connectivity index (χ2n) is 5.54. The zero-order valence-electron chi connectivity index (χ0n) is 12.7. The average Bonchev–Trinajstić information content (AvgIpc) is 2.56. The molecule has 0 saturated carbocycles. The number of rotatable bonds is 4. The van der Waals surface area contributed by atoms with Crippen molar-refractivity contribution in [1.82, 2.24) is 9.88 Å². The number of benzene rings is 1. The largest absolute Gasteiger partial charge is 0.298 e. The zero-order chi connectivity index (χ0) is 16.1. The van der Waals surface area contributed by atoms with Crippen LogP contribution in [-0.4, -0.2) is 28.7 Å². The molecule has 1 aliphatic rings. The van der Waals surface area contributed by atoms with Gasteiger partial charge in [0, 0.05) is 44.4 Å². The third-order valence-electron chi connectivity index (χ3n) is 3.81. The molecule has 0 bridgehead atoms. The lowest BCUT2D eigenvalue weighted by Crippen LogP contribution is -2.33. The number of piperidine rings is 1. The molecule has 0 atom stereocenters. The molecular formula is C17H18Cl2N4. The van der Waals surface area contributed by atoms with E-state index in [0.29, 0.717) is 15.9 Å². The van der Waals surface area contributed by atoms with Gasteiger partial charge in [-0.2, -0.15) is 5.10 Å². The molecule has 1 aliphatic heterocycles. The smallest absolute Gasteiger partial charge is 0.165 e. The van der Waals surface area contributed by atoms with E-state index < -0.39 is 0 Å². The standard InChI is InChI=1S/C17H18Cl2N4/c18-14-10-16(19)17(20-11-14)22-21-15-6-8-23(9-7-15)12-13-4-2-1-3-5-13/h1-5,10-11H,6-9,12H2,(H,20,22). The summed E-state index contributed by atoms with van der Waals surface area (Å²) in [5, 5.41) is 5.43. The van der Waals surface area contributed by atoms with Crippen LogP contribution >= 0.6 is 23.2 Å². The van der Waals surface area contributed by atoms with Crippen molar-refractivity contribution in [3.63, 3.8) is 0 Å². The van der Waals surface area contributed by atoms with Crippen molar-refractivity contribution in [1.29, 1.82) is 0 Å². The summed E-state index contributed by atoms with van der Waals surface area (Å²) in [6.45, 7) is 3.01. The van der Waals surface area contributed by atoms with Crippen molar-refractivity contribution in [3.8, 4) is 0 Å². The minimum absolute atomic E-state index is 0.475. The Labute approximate surface area is 146 Å². The Morgan fingerprint density at radius 3 is 2.57 bits per heavy atom. The first-order valence-electron chi connectivity index (χ1n) is 7.59. The van der Waals surface area contributed by atoms with Crippen molar-refractivity contribution in [2.45, 2.75) is 19.4 Å². The predicted molar refractivity (Wildman–Crippen MR) is 96.3 cm³/mol. The molecule has 2 aromatic rings. The fraction of sp³-hybridized carbons (Fsp3) is 0.294. The van der Waals surface area contributed by atoms with Crippen molar-refractivity contribution in [2.75, 3.05) is 18.5 Å². The van der Waals surface area contributed by atoms with Crippen LogP contribution in [0.25, 0.3) is 0 Å². The third-order valence-corrected chi connectivity index (χ3v) is 4.30. The Balaban J connectivity index is 1.52. The van der Waals surface area contributed by atoms with E-state index in [-0.39, 0.29) is 0 Å². The fourth-order valence-corrected chi connectivity index (χ4v) is 2.97. The summed E-state index contributed by atoms with van der Waals surface area (Å²) in [5.41, 5.74) is 5.43. The third kappa shape index (κ3) is 4.67. The molecule has 3 rings (SSSR count). The van der Waals surface area contributed by atoms with Crippen LogP contribution < -0.4 is 5.43 Å². The zero-order valence-corrected chi connectivity index (χ0v) is 14.2. The Bertz CT molecular complexity index is 678. The number of halogens is 2. The van der Waals surface area contributed by atoms with Crippen molar-refractivity contribution >= 4 is 34.7 Å². The lowest BCUT2D eigenvalue weighted by molar-refractivity contribution is 0.266. The second-order valence-corrected chi connectivity index (χ2v) is 6.38. The molecule has 0 aliphatic carbocycles. The molecule has 0 radical (unpaired) electrons. The number of anilines is 1. The molecule has 0 spiro atoms. The summed E-state index contributed by atoms with van der Waals surface area (Å²) >= 11 is 11.9. The molecule has 120 valence electrons. The van der Waals surface area contributed by atoms with Crippen LogP contribution in [0.1, 0.15) is 18.4 Å². The van der Waals surface area contributed by atoms with E-state index in [2.05, 4.69) is 44.7 Å². The first kappa shape index (κ1) is 16.2. The maximum atomic E-state index is 6.07. The molecule has 1 fully saturated rings. The van der Waals surface area contributed by atoms with Crippen molar-refractivity contribution in [3.05, 3.63) is 58.2 Å². The number of hydrogen-bond acceptors (Lipinski definition) is 4. The van der Waals surface area contributed by atoms with Gasteiger partial charge in [-0.3, -0.25) is 10.3 Å². The number of hydrogen-bond donors (Lipinski definition) is 1. The van der Waals surface area contributed by atoms with Gasteiger partial charge in [0.15, 0.2) is 5.82 Å². The van der Waals surface area contributed by atoms with Crippen LogP contribution in [0.2, 0.25) is 10.0 Å². The molecule has 2 heterocycles. The number of hydrazone groups is 1. The molecule has 4 nitrogen and oxygen atoms in total. The monoisotopic (exact) mass is 348 g/mol. The van der Waals surface area contributed by atoms with Crippen LogP contribution in [0.5, 0.6) is 0 Å². The van der Waals surface area contributed by atoms with Crippen LogP contribution in [0.4, 0.5) is 5.82 Å². The fourth-order valence-electron chi connectivity index (χ4n) is 2.55. The number of pyridine rings is 1. The maximum absolute atomic E-state index is 6.07. The van der Waals surface area contributed by atoms with Gasteiger partial charge in [-0.1, -0.05) is 53.5 Å². The molecule has 1 saturated heterocycles. The van der Waals surface area contributed by atoms with E-state index in [1.54, 1.807) is 12.3 Å². The highest BCUT2D eigenvalue weighted by atomic mass is 35.5. The first-order chi connectivity index (χ1) is 11.2. The predicted octanol–water partition coefficient (Wildman–Crippen LogP) is 4.45. The molecule has 1 aromatic heterocycles. The molecule has 1 N–H and O–H groups in total. The summed E-state index contributed by atoms with van der Waals surface area (Å²) in [4.78, 5) is 6.59. The van der Waals surface area contributed by atoms with Gasteiger partial charge < -0.3 is 0 Å². The van der Waals surface area contributed by atoms with E-state index in [1.807, 2.05) is 6.07 Å². The Hall–Kier alpha value is -1.62. The van der Waals surface area contributed by atoms with E-state index in [1.165, 1.54) is 5.56 Å². The number of likely N-dealkylation sites (tertiary alicyclic amines) is 1. The van der Waals surface area contributed by atoms with Crippen molar-refractivity contribution < 1.29 is 0 Å². The average molecular weight is 349 g/mol. The molecule has 0 unspecified atom stereocenters. The Morgan fingerprint density at radius 2 is 1.87 bits per heavy atom.